The van der Waals surface area contributed by atoms with E-state index in [0.29, 0.717) is 50.3 Å². The number of aliphatic hydroxyl groups is 1. The Hall–Kier alpha value is -1.26. The molecule has 8 rings (SSSR count). The van der Waals surface area contributed by atoms with Crippen molar-refractivity contribution in [1.82, 2.24) is 4.90 Å². The minimum Gasteiger partial charge on any atom is -0.481 e. The fourth-order valence-corrected chi connectivity index (χ4v) is 13.5. The number of nitrogens with zero attached hydrogens (tertiary/aromatic N) is 1. The fourth-order valence-electron chi connectivity index (χ4n) is 13.5. The molecule has 2 aliphatic heterocycles. The number of ether oxygens (including phenoxy) is 3. The van der Waals surface area contributed by atoms with Gasteiger partial charge in [-0.2, -0.15) is 0 Å². The summed E-state index contributed by atoms with van der Waals surface area (Å²) < 4.78 is 19.5. The number of hydrogen-bond acceptors (Lipinski definition) is 7. The van der Waals surface area contributed by atoms with Crippen LogP contribution in [0.1, 0.15) is 111 Å². The molecule has 2 saturated heterocycles. The molecule has 0 aromatic carbocycles. The summed E-state index contributed by atoms with van der Waals surface area (Å²) in [6.45, 7) is 11.2. The predicted molar refractivity (Wildman–Crippen MR) is 170 cm³/mol. The van der Waals surface area contributed by atoms with Crippen molar-refractivity contribution in [2.24, 2.45) is 57.0 Å². The maximum Gasteiger partial charge on any atom is 0.303 e. The van der Waals surface area contributed by atoms with Crippen molar-refractivity contribution in [2.45, 2.75) is 147 Å². The minimum absolute atomic E-state index is 0.0316. The van der Waals surface area contributed by atoms with Crippen LogP contribution in [0.4, 0.5) is 0 Å². The molecule has 8 fully saturated rings. The molecule has 0 aromatic heterocycles. The Kier molecular flexibility index (Phi) is 7.38. The van der Waals surface area contributed by atoms with Gasteiger partial charge >= 0.3 is 5.97 Å². The number of nitrogens with two attached hydrogens (primary N) is 1. The second kappa shape index (κ2) is 10.6. The lowest BCUT2D eigenvalue weighted by atomic mass is 9.43. The van der Waals surface area contributed by atoms with Gasteiger partial charge < -0.3 is 35.1 Å². The Labute approximate surface area is 274 Å². The molecule has 258 valence electrons. The van der Waals surface area contributed by atoms with E-state index < -0.39 is 17.6 Å². The first kappa shape index (κ1) is 32.0. The van der Waals surface area contributed by atoms with E-state index in [1.165, 1.54) is 25.7 Å². The van der Waals surface area contributed by atoms with Crippen LogP contribution in [-0.4, -0.2) is 82.9 Å². The minimum atomic E-state index is -0.797. The number of rotatable bonds is 7. The van der Waals surface area contributed by atoms with E-state index in [1.807, 2.05) is 4.90 Å². The lowest BCUT2D eigenvalue weighted by Gasteiger charge is -2.63. The number of carboxylic acid groups (broad SMARTS) is 1. The SMILES string of the molecule is CC1CC(CCC(=O)O)OC2C1C1(C)CCC34CC35CCC(OC3CN(C(=O)CC6CC6)CCO3)C(C)(C)C5CCC4C1(N)C2O. The first-order chi connectivity index (χ1) is 21.8. The molecule has 13 unspecified atom stereocenters. The highest BCUT2D eigenvalue weighted by atomic mass is 16.7. The summed E-state index contributed by atoms with van der Waals surface area (Å²) in [4.78, 5) is 26.1. The van der Waals surface area contributed by atoms with Crippen LogP contribution in [0.2, 0.25) is 0 Å². The standard InChI is InChI=1S/C37H58N2O7/c1-21-17-23(7-10-28(41)42)45-31-30(21)34(4)13-14-36-20-35(36)12-11-26(33(2,3)24(35)8-9-25(36)37(34,38)32(31)43)46-29-19-39(15-16-44-29)27(40)18-22-5-6-22/h21-26,29-32,43H,5-20,38H2,1-4H3,(H,41,42). The van der Waals surface area contributed by atoms with Crippen LogP contribution in [0.5, 0.6) is 0 Å². The van der Waals surface area contributed by atoms with Gasteiger partial charge in [-0.25, -0.2) is 0 Å². The van der Waals surface area contributed by atoms with Crippen LogP contribution < -0.4 is 5.73 Å². The predicted octanol–water partition coefficient (Wildman–Crippen LogP) is 4.73. The van der Waals surface area contributed by atoms with Gasteiger partial charge in [0.1, 0.15) is 0 Å². The van der Waals surface area contributed by atoms with Gasteiger partial charge in [0.25, 0.3) is 0 Å². The normalized spacial score (nSPS) is 52.0. The molecule has 4 N–H and O–H groups in total. The second-order valence-corrected chi connectivity index (χ2v) is 18.1. The number of hydrogen-bond donors (Lipinski definition) is 3. The van der Waals surface area contributed by atoms with Crippen molar-refractivity contribution in [1.29, 1.82) is 0 Å². The molecule has 13 atom stereocenters. The van der Waals surface area contributed by atoms with Gasteiger partial charge in [-0.15, -0.1) is 0 Å². The van der Waals surface area contributed by atoms with Crippen molar-refractivity contribution in [2.75, 3.05) is 19.7 Å². The van der Waals surface area contributed by atoms with E-state index in [1.54, 1.807) is 0 Å². The van der Waals surface area contributed by atoms with Gasteiger partial charge in [0.05, 0.1) is 43.1 Å². The van der Waals surface area contributed by atoms with Crippen molar-refractivity contribution in [3.05, 3.63) is 0 Å². The highest BCUT2D eigenvalue weighted by Gasteiger charge is 2.85. The average Bonchev–Trinajstić information content (AvgIpc) is 3.93. The molecule has 2 spiro atoms. The Morgan fingerprint density at radius 1 is 1.02 bits per heavy atom. The molecular weight excluding hydrogens is 584 g/mol. The van der Waals surface area contributed by atoms with Crippen LogP contribution in [0.3, 0.4) is 0 Å². The van der Waals surface area contributed by atoms with Crippen LogP contribution in [0.15, 0.2) is 0 Å². The van der Waals surface area contributed by atoms with Crippen LogP contribution in [0, 0.1) is 51.2 Å². The molecule has 2 heterocycles. The molecule has 8 aliphatic rings. The van der Waals surface area contributed by atoms with Crippen LogP contribution in [0.25, 0.3) is 0 Å². The Morgan fingerprint density at radius 3 is 2.50 bits per heavy atom. The highest BCUT2D eigenvalue weighted by molar-refractivity contribution is 5.76. The van der Waals surface area contributed by atoms with Gasteiger partial charge in [0.2, 0.25) is 5.91 Å². The lowest BCUT2D eigenvalue weighted by Crippen LogP contribution is -2.70. The van der Waals surface area contributed by atoms with Gasteiger partial charge in [-0.05, 0) is 122 Å². The quantitative estimate of drug-likeness (QED) is 0.364. The smallest absolute Gasteiger partial charge is 0.303 e. The van der Waals surface area contributed by atoms with Gasteiger partial charge in [0.15, 0.2) is 6.29 Å². The number of aliphatic hydroxyl groups excluding tert-OH is 1. The van der Waals surface area contributed by atoms with E-state index in [4.69, 9.17) is 19.9 Å². The largest absolute Gasteiger partial charge is 0.481 e. The fraction of sp³-hybridized carbons (Fsp3) is 0.946. The van der Waals surface area contributed by atoms with Crippen molar-refractivity contribution < 1.29 is 34.0 Å². The third kappa shape index (κ3) is 4.36. The third-order valence-electron chi connectivity index (χ3n) is 15.8. The van der Waals surface area contributed by atoms with Gasteiger partial charge in [-0.3, -0.25) is 9.59 Å². The van der Waals surface area contributed by atoms with E-state index in [2.05, 4.69) is 27.7 Å². The van der Waals surface area contributed by atoms with E-state index >= 15 is 0 Å². The summed E-state index contributed by atoms with van der Waals surface area (Å²) in [6, 6.07) is 0. The number of carbonyl (C=O) groups is 2. The zero-order chi connectivity index (χ0) is 32.4. The number of amides is 1. The summed E-state index contributed by atoms with van der Waals surface area (Å²) in [5.74, 6) is 1.33. The first-order valence-corrected chi connectivity index (χ1v) is 18.7. The second-order valence-electron chi connectivity index (χ2n) is 18.1. The zero-order valence-corrected chi connectivity index (χ0v) is 28.5. The van der Waals surface area contributed by atoms with Crippen LogP contribution >= 0.6 is 0 Å². The molecule has 0 bridgehead atoms. The maximum absolute atomic E-state index is 12.9. The average molecular weight is 643 g/mol. The molecule has 6 saturated carbocycles. The summed E-state index contributed by atoms with van der Waals surface area (Å²) in [6.07, 6.45) is 10.6. The van der Waals surface area contributed by atoms with E-state index in [0.717, 1.165) is 38.5 Å². The van der Waals surface area contributed by atoms with Crippen molar-refractivity contribution in [3.8, 4) is 0 Å². The Balaban J connectivity index is 0.995. The summed E-state index contributed by atoms with van der Waals surface area (Å²) in [7, 11) is 0. The molecule has 0 aromatic rings. The molecule has 9 nitrogen and oxygen atoms in total. The van der Waals surface area contributed by atoms with E-state index in [9.17, 15) is 19.8 Å². The molecule has 46 heavy (non-hydrogen) atoms. The zero-order valence-electron chi connectivity index (χ0n) is 28.5. The summed E-state index contributed by atoms with van der Waals surface area (Å²) in [5.41, 5.74) is 7.14. The number of aliphatic carboxylic acids is 1. The van der Waals surface area contributed by atoms with Crippen molar-refractivity contribution >= 4 is 11.9 Å². The topological polar surface area (TPSA) is 132 Å². The third-order valence-corrected chi connectivity index (χ3v) is 15.8. The Morgan fingerprint density at radius 2 is 1.76 bits per heavy atom. The lowest BCUT2D eigenvalue weighted by molar-refractivity contribution is -0.245. The monoisotopic (exact) mass is 642 g/mol. The van der Waals surface area contributed by atoms with Gasteiger partial charge in [-0.1, -0.05) is 27.7 Å². The molecule has 1 amide bonds. The molecular formula is C37H58N2O7. The summed E-state index contributed by atoms with van der Waals surface area (Å²) in [5, 5.41) is 21.5. The molecule has 0 radical (unpaired) electrons. The Bertz CT molecular complexity index is 1260. The maximum atomic E-state index is 12.9. The molecule has 9 heteroatoms. The number of carbonyl (C=O) groups excluding carboxylic acids is 1. The summed E-state index contributed by atoms with van der Waals surface area (Å²) >= 11 is 0. The number of carboxylic acids is 1. The highest BCUT2D eigenvalue weighted by Crippen LogP contribution is 2.87. The van der Waals surface area contributed by atoms with E-state index in [-0.39, 0.29) is 70.4 Å². The van der Waals surface area contributed by atoms with Crippen molar-refractivity contribution in [3.63, 3.8) is 0 Å². The molecule has 6 aliphatic carbocycles. The van der Waals surface area contributed by atoms with Gasteiger partial charge in [0, 0.05) is 19.4 Å². The number of fused-ring (bicyclic) bond motifs is 4. The first-order valence-electron chi connectivity index (χ1n) is 18.7. The van der Waals surface area contributed by atoms with Crippen LogP contribution in [-0.2, 0) is 23.8 Å². The number of morpholine rings is 1.